The molecular formula is C14H14N2O6. The Balaban J connectivity index is 1.79. The summed E-state index contributed by atoms with van der Waals surface area (Å²) in [6.45, 7) is 0.376. The predicted octanol–water partition coefficient (Wildman–Crippen LogP) is 1.90. The fraction of sp³-hybridized carbons (Fsp3) is 0.286. The van der Waals surface area contributed by atoms with Crippen molar-refractivity contribution < 1.29 is 24.4 Å². The zero-order valence-electron chi connectivity index (χ0n) is 11.5. The number of carboxylic acid groups (broad SMARTS) is 1. The number of likely N-dealkylation sites (tertiary alicyclic amines) is 1. The van der Waals surface area contributed by atoms with Crippen molar-refractivity contribution >= 4 is 23.8 Å². The van der Waals surface area contributed by atoms with Gasteiger partial charge in [-0.05, 0) is 30.2 Å². The first-order valence-corrected chi connectivity index (χ1v) is 6.56. The van der Waals surface area contributed by atoms with Gasteiger partial charge in [-0.3, -0.25) is 15.0 Å². The number of carbonyl (C=O) groups excluding carboxylic acids is 1. The number of rotatable bonds is 5. The molecule has 1 N–H and O–H groups in total. The molecule has 116 valence electrons. The van der Waals surface area contributed by atoms with E-state index in [-0.39, 0.29) is 12.3 Å². The maximum Gasteiger partial charge on any atom is 0.410 e. The zero-order valence-corrected chi connectivity index (χ0v) is 11.5. The number of aliphatic carboxylic acids is 1. The number of nitrogens with zero attached hydrogens (tertiary/aromatic N) is 2. The molecule has 22 heavy (non-hydrogen) atoms. The molecule has 1 aliphatic heterocycles. The van der Waals surface area contributed by atoms with E-state index in [0.717, 1.165) is 10.5 Å². The van der Waals surface area contributed by atoms with Gasteiger partial charge in [-0.25, -0.2) is 9.59 Å². The smallest absolute Gasteiger partial charge is 0.410 e. The Hall–Kier alpha value is -2.90. The standard InChI is InChI=1S/C14H14N2O6/c17-13(18)12-7-8-15(12)14(19)22-9-1-2-10-3-5-11(6-4-10)16(20)21/h1-6,12H,7-9H2,(H,17,18). The van der Waals surface area contributed by atoms with Crippen molar-refractivity contribution in [2.24, 2.45) is 0 Å². The largest absolute Gasteiger partial charge is 0.480 e. The van der Waals surface area contributed by atoms with Gasteiger partial charge in [0.05, 0.1) is 4.92 Å². The summed E-state index contributed by atoms with van der Waals surface area (Å²) in [5.74, 6) is -1.04. The number of hydrogen-bond acceptors (Lipinski definition) is 5. The molecule has 0 aromatic heterocycles. The van der Waals surface area contributed by atoms with E-state index in [9.17, 15) is 19.7 Å². The SMILES string of the molecule is O=C(O)C1CCN1C(=O)OCC=Cc1ccc([N+](=O)[O-])cc1. The van der Waals surface area contributed by atoms with Gasteiger partial charge in [0.1, 0.15) is 12.6 Å². The third-order valence-corrected chi connectivity index (χ3v) is 3.26. The Morgan fingerprint density at radius 2 is 2.09 bits per heavy atom. The molecule has 1 atom stereocenters. The number of carbonyl (C=O) groups is 2. The summed E-state index contributed by atoms with van der Waals surface area (Å²) in [6, 6.07) is 5.11. The van der Waals surface area contributed by atoms with Gasteiger partial charge >= 0.3 is 12.1 Å². The summed E-state index contributed by atoms with van der Waals surface area (Å²) in [4.78, 5) is 33.6. The summed E-state index contributed by atoms with van der Waals surface area (Å²) in [5, 5.41) is 19.3. The maximum absolute atomic E-state index is 11.6. The van der Waals surface area contributed by atoms with Crippen LogP contribution < -0.4 is 0 Å². The molecule has 8 heteroatoms. The summed E-state index contributed by atoms with van der Waals surface area (Å²) >= 11 is 0. The van der Waals surface area contributed by atoms with Crippen LogP contribution in [-0.4, -0.2) is 46.2 Å². The third kappa shape index (κ3) is 3.60. The number of hydrogen-bond donors (Lipinski definition) is 1. The molecule has 0 spiro atoms. The molecule has 2 rings (SSSR count). The highest BCUT2D eigenvalue weighted by molar-refractivity contribution is 5.81. The quantitative estimate of drug-likeness (QED) is 0.657. The van der Waals surface area contributed by atoms with Gasteiger partial charge in [-0.2, -0.15) is 0 Å². The Morgan fingerprint density at radius 3 is 2.59 bits per heavy atom. The van der Waals surface area contributed by atoms with Crippen molar-refractivity contribution in [3.63, 3.8) is 0 Å². The highest BCUT2D eigenvalue weighted by Gasteiger charge is 2.38. The molecular weight excluding hydrogens is 292 g/mol. The fourth-order valence-corrected chi connectivity index (χ4v) is 1.96. The van der Waals surface area contributed by atoms with Crippen LogP contribution in [0.5, 0.6) is 0 Å². The van der Waals surface area contributed by atoms with E-state index < -0.39 is 23.0 Å². The van der Waals surface area contributed by atoms with E-state index in [1.54, 1.807) is 24.3 Å². The summed E-state index contributed by atoms with van der Waals surface area (Å²) in [5.41, 5.74) is 0.732. The minimum Gasteiger partial charge on any atom is -0.480 e. The molecule has 1 heterocycles. The van der Waals surface area contributed by atoms with Gasteiger partial charge in [0, 0.05) is 18.7 Å². The highest BCUT2D eigenvalue weighted by atomic mass is 16.6. The third-order valence-electron chi connectivity index (χ3n) is 3.26. The summed E-state index contributed by atoms with van der Waals surface area (Å²) < 4.78 is 4.94. The van der Waals surface area contributed by atoms with Crippen LogP contribution in [0.15, 0.2) is 30.3 Å². The molecule has 0 bridgehead atoms. The number of amides is 1. The van der Waals surface area contributed by atoms with Crippen molar-refractivity contribution in [2.45, 2.75) is 12.5 Å². The number of benzene rings is 1. The van der Waals surface area contributed by atoms with Crippen LogP contribution in [0.25, 0.3) is 6.08 Å². The second-order valence-electron chi connectivity index (χ2n) is 4.66. The Kier molecular flexibility index (Phi) is 4.72. The van der Waals surface area contributed by atoms with Crippen molar-refractivity contribution in [3.8, 4) is 0 Å². The number of non-ortho nitro benzene ring substituents is 1. The molecule has 1 fully saturated rings. The van der Waals surface area contributed by atoms with Crippen molar-refractivity contribution in [1.29, 1.82) is 0 Å². The van der Waals surface area contributed by atoms with Crippen LogP contribution in [0.4, 0.5) is 10.5 Å². The maximum atomic E-state index is 11.6. The lowest BCUT2D eigenvalue weighted by Crippen LogP contribution is -2.55. The fourth-order valence-electron chi connectivity index (χ4n) is 1.96. The first kappa shape index (κ1) is 15.5. The van der Waals surface area contributed by atoms with E-state index in [0.29, 0.717) is 13.0 Å². The van der Waals surface area contributed by atoms with Gasteiger partial charge in [0.25, 0.3) is 5.69 Å². The zero-order chi connectivity index (χ0) is 16.1. The van der Waals surface area contributed by atoms with E-state index in [4.69, 9.17) is 9.84 Å². The Bertz CT molecular complexity index is 610. The number of nitro benzene ring substituents is 1. The van der Waals surface area contributed by atoms with E-state index in [1.807, 2.05) is 0 Å². The van der Waals surface area contributed by atoms with Crippen LogP contribution in [0, 0.1) is 10.1 Å². The van der Waals surface area contributed by atoms with E-state index >= 15 is 0 Å². The minimum absolute atomic E-state index is 0.000994. The lowest BCUT2D eigenvalue weighted by Gasteiger charge is -2.36. The molecule has 0 saturated carbocycles. The molecule has 0 radical (unpaired) electrons. The van der Waals surface area contributed by atoms with Crippen LogP contribution >= 0.6 is 0 Å². The lowest BCUT2D eigenvalue weighted by molar-refractivity contribution is -0.384. The van der Waals surface area contributed by atoms with Crippen LogP contribution in [0.1, 0.15) is 12.0 Å². The number of carboxylic acids is 1. The topological polar surface area (TPSA) is 110 Å². The predicted molar refractivity (Wildman–Crippen MR) is 76.2 cm³/mol. The molecule has 1 unspecified atom stereocenters. The molecule has 1 amide bonds. The Labute approximate surface area is 125 Å². The second-order valence-corrected chi connectivity index (χ2v) is 4.66. The number of ether oxygens (including phenoxy) is 1. The van der Waals surface area contributed by atoms with Crippen LogP contribution in [0.2, 0.25) is 0 Å². The van der Waals surface area contributed by atoms with Gasteiger partial charge in [0.2, 0.25) is 0 Å². The lowest BCUT2D eigenvalue weighted by atomic mass is 10.1. The molecule has 0 aliphatic carbocycles. The van der Waals surface area contributed by atoms with Gasteiger partial charge in [0.15, 0.2) is 0 Å². The van der Waals surface area contributed by atoms with Crippen LogP contribution in [-0.2, 0) is 9.53 Å². The number of nitro groups is 1. The van der Waals surface area contributed by atoms with Gasteiger partial charge in [-0.1, -0.05) is 6.08 Å². The second kappa shape index (κ2) is 6.70. The average Bonchev–Trinajstić information content (AvgIpc) is 2.42. The van der Waals surface area contributed by atoms with Gasteiger partial charge < -0.3 is 9.84 Å². The minimum atomic E-state index is -1.04. The van der Waals surface area contributed by atoms with Crippen molar-refractivity contribution in [1.82, 2.24) is 4.90 Å². The molecule has 1 saturated heterocycles. The van der Waals surface area contributed by atoms with Crippen LogP contribution in [0.3, 0.4) is 0 Å². The average molecular weight is 306 g/mol. The highest BCUT2D eigenvalue weighted by Crippen LogP contribution is 2.18. The van der Waals surface area contributed by atoms with Crippen molar-refractivity contribution in [3.05, 3.63) is 46.0 Å². The molecule has 8 nitrogen and oxygen atoms in total. The Morgan fingerprint density at radius 1 is 1.41 bits per heavy atom. The van der Waals surface area contributed by atoms with E-state index in [1.165, 1.54) is 12.1 Å². The first-order chi connectivity index (χ1) is 10.5. The normalized spacial score (nSPS) is 17.1. The molecule has 1 aromatic carbocycles. The molecule has 1 aliphatic rings. The van der Waals surface area contributed by atoms with Crippen molar-refractivity contribution in [2.75, 3.05) is 13.2 Å². The summed E-state index contributed by atoms with van der Waals surface area (Å²) in [6.07, 6.45) is 3.01. The van der Waals surface area contributed by atoms with E-state index in [2.05, 4.69) is 0 Å². The first-order valence-electron chi connectivity index (χ1n) is 6.56. The molecule has 1 aromatic rings. The monoisotopic (exact) mass is 306 g/mol. The summed E-state index contributed by atoms with van der Waals surface area (Å²) in [7, 11) is 0. The van der Waals surface area contributed by atoms with Gasteiger partial charge in [-0.15, -0.1) is 0 Å².